The van der Waals surface area contributed by atoms with Gasteiger partial charge >= 0.3 is 11.9 Å². The van der Waals surface area contributed by atoms with E-state index in [9.17, 15) is 19.8 Å². The third-order valence-corrected chi connectivity index (χ3v) is 4.40. The van der Waals surface area contributed by atoms with Crippen molar-refractivity contribution in [1.82, 2.24) is 0 Å². The number of hydrogen-bond acceptors (Lipinski definition) is 6. The Labute approximate surface area is 190 Å². The molecule has 0 radical (unpaired) electrons. The van der Waals surface area contributed by atoms with E-state index in [0.29, 0.717) is 19.6 Å². The molecule has 6 nitrogen and oxygen atoms in total. The highest BCUT2D eigenvalue weighted by molar-refractivity contribution is 5.92. The van der Waals surface area contributed by atoms with Crippen molar-refractivity contribution in [2.24, 2.45) is 0 Å². The molecule has 0 saturated carbocycles. The van der Waals surface area contributed by atoms with Crippen LogP contribution in [0, 0.1) is 0 Å². The third kappa shape index (κ3) is 10.7. The van der Waals surface area contributed by atoms with Crippen LogP contribution in [0.2, 0.25) is 0 Å². The van der Waals surface area contributed by atoms with Gasteiger partial charge in [-0.15, -0.1) is 0 Å². The zero-order valence-corrected chi connectivity index (χ0v) is 19.0. The maximum atomic E-state index is 11.5. The minimum Gasteiger partial charge on any atom is -0.507 e. The molecule has 0 bridgehead atoms. The molecule has 32 heavy (non-hydrogen) atoms. The lowest BCUT2D eigenvalue weighted by molar-refractivity contribution is 0.0489. The van der Waals surface area contributed by atoms with Crippen LogP contribution in [0.15, 0.2) is 60.7 Å². The molecule has 6 heteroatoms. The zero-order chi connectivity index (χ0) is 23.6. The molecule has 2 aromatic carbocycles. The number of rotatable bonds is 11. The normalized spacial score (nSPS) is 10.3. The highest BCUT2D eigenvalue weighted by Crippen LogP contribution is 2.17. The minimum atomic E-state index is -0.483. The smallest absolute Gasteiger partial charge is 0.341 e. The molecule has 0 saturated heterocycles. The summed E-state index contributed by atoms with van der Waals surface area (Å²) in [5, 5.41) is 18.8. The van der Waals surface area contributed by atoms with E-state index in [1.807, 2.05) is 19.1 Å². The molecule has 0 amide bonds. The second-order valence-electron chi connectivity index (χ2n) is 7.04. The van der Waals surface area contributed by atoms with Crippen LogP contribution < -0.4 is 0 Å². The Morgan fingerprint density at radius 3 is 1.78 bits per heavy atom. The van der Waals surface area contributed by atoms with Crippen molar-refractivity contribution < 1.29 is 29.3 Å². The van der Waals surface area contributed by atoms with Gasteiger partial charge in [-0.1, -0.05) is 69.5 Å². The third-order valence-electron chi connectivity index (χ3n) is 4.40. The van der Waals surface area contributed by atoms with Gasteiger partial charge in [0.2, 0.25) is 0 Å². The number of phenolic OH excluding ortho intramolecular Hbond substituents is 2. The summed E-state index contributed by atoms with van der Waals surface area (Å²) < 4.78 is 10.1. The van der Waals surface area contributed by atoms with Crippen molar-refractivity contribution in [2.75, 3.05) is 13.2 Å². The van der Waals surface area contributed by atoms with Crippen LogP contribution in [-0.4, -0.2) is 35.4 Å². The molecule has 0 aliphatic carbocycles. The second-order valence-corrected chi connectivity index (χ2v) is 7.04. The maximum absolute atomic E-state index is 11.5. The monoisotopic (exact) mass is 442 g/mol. The molecule has 0 atom stereocenters. The van der Waals surface area contributed by atoms with Gasteiger partial charge in [-0.05, 0) is 43.5 Å². The quantitative estimate of drug-likeness (QED) is 0.251. The van der Waals surface area contributed by atoms with Crippen LogP contribution >= 0.6 is 0 Å². The van der Waals surface area contributed by atoms with E-state index >= 15 is 0 Å². The molecule has 2 rings (SSSR count). The number of carbonyl (C=O) groups excluding carboxylic acids is 2. The number of esters is 2. The van der Waals surface area contributed by atoms with Crippen LogP contribution in [0.1, 0.15) is 73.1 Å². The fraction of sp³-hybridized carbons (Fsp3) is 0.385. The van der Waals surface area contributed by atoms with Crippen molar-refractivity contribution in [2.45, 2.75) is 52.4 Å². The molecule has 0 aliphatic heterocycles. The van der Waals surface area contributed by atoms with Crippen LogP contribution in [0.3, 0.4) is 0 Å². The van der Waals surface area contributed by atoms with E-state index in [0.717, 1.165) is 32.1 Å². The summed E-state index contributed by atoms with van der Waals surface area (Å²) in [7, 11) is 0. The standard InChI is InChI=1S/C13H18O3.C13H16O3/c2*1-2-3-4-7-10-16-13(15)11-8-5-6-9-12(11)14/h5-6,8-9,14H,2-4,7,10H2,1H3;3-6,8-9,14H,2,7,10H2,1H3. The topological polar surface area (TPSA) is 93.1 Å². The average molecular weight is 443 g/mol. The lowest BCUT2D eigenvalue weighted by Crippen LogP contribution is -2.06. The Bertz CT molecular complexity index is 844. The Balaban J connectivity index is 0.000000320. The number of benzene rings is 2. The molecule has 0 heterocycles. The molecule has 2 aromatic rings. The highest BCUT2D eigenvalue weighted by atomic mass is 16.5. The number of carbonyl (C=O) groups is 2. The van der Waals surface area contributed by atoms with E-state index in [2.05, 4.69) is 6.92 Å². The summed E-state index contributed by atoms with van der Waals surface area (Å²) >= 11 is 0. The highest BCUT2D eigenvalue weighted by Gasteiger charge is 2.11. The van der Waals surface area contributed by atoms with Gasteiger partial charge in [0.15, 0.2) is 0 Å². The predicted molar refractivity (Wildman–Crippen MR) is 125 cm³/mol. The van der Waals surface area contributed by atoms with Gasteiger partial charge in [0.05, 0.1) is 13.2 Å². The van der Waals surface area contributed by atoms with Crippen molar-refractivity contribution in [3.8, 4) is 11.5 Å². The number of phenols is 2. The first kappa shape index (κ1) is 26.8. The molecular formula is C26H34O6. The van der Waals surface area contributed by atoms with Crippen LogP contribution in [-0.2, 0) is 9.47 Å². The first-order valence-electron chi connectivity index (χ1n) is 11.1. The number of ether oxygens (including phenoxy) is 2. The fourth-order valence-corrected chi connectivity index (χ4v) is 2.65. The van der Waals surface area contributed by atoms with Crippen molar-refractivity contribution >= 4 is 11.9 Å². The Hall–Kier alpha value is -3.28. The second kappa shape index (κ2) is 16.4. The zero-order valence-electron chi connectivity index (χ0n) is 19.0. The van der Waals surface area contributed by atoms with Gasteiger partial charge in [0.25, 0.3) is 0 Å². The first-order valence-corrected chi connectivity index (χ1v) is 11.1. The average Bonchev–Trinajstić information content (AvgIpc) is 2.79. The van der Waals surface area contributed by atoms with Crippen molar-refractivity contribution in [1.29, 1.82) is 0 Å². The number of para-hydroxylation sites is 2. The maximum Gasteiger partial charge on any atom is 0.341 e. The molecule has 2 N–H and O–H groups in total. The van der Waals surface area contributed by atoms with Gasteiger partial charge < -0.3 is 19.7 Å². The van der Waals surface area contributed by atoms with Gasteiger partial charge in [-0.3, -0.25) is 0 Å². The number of unbranched alkanes of at least 4 members (excludes halogenated alkanes) is 3. The Kier molecular flexibility index (Phi) is 13.7. The van der Waals surface area contributed by atoms with Crippen LogP contribution in [0.4, 0.5) is 0 Å². The summed E-state index contributed by atoms with van der Waals surface area (Å²) in [6.45, 7) is 4.94. The fourth-order valence-electron chi connectivity index (χ4n) is 2.65. The van der Waals surface area contributed by atoms with E-state index in [1.54, 1.807) is 36.4 Å². The minimum absolute atomic E-state index is 0.0268. The van der Waals surface area contributed by atoms with Gasteiger partial charge in [-0.2, -0.15) is 0 Å². The lowest BCUT2D eigenvalue weighted by atomic mass is 10.2. The Morgan fingerprint density at radius 2 is 1.28 bits per heavy atom. The van der Waals surface area contributed by atoms with Crippen molar-refractivity contribution in [3.63, 3.8) is 0 Å². The van der Waals surface area contributed by atoms with E-state index in [-0.39, 0.29) is 22.6 Å². The summed E-state index contributed by atoms with van der Waals surface area (Å²) in [4.78, 5) is 23.0. The summed E-state index contributed by atoms with van der Waals surface area (Å²) in [5.74, 6) is -1.00. The van der Waals surface area contributed by atoms with Crippen LogP contribution in [0.25, 0.3) is 0 Å². The molecule has 0 fully saturated rings. The molecule has 0 spiro atoms. The largest absolute Gasteiger partial charge is 0.507 e. The van der Waals surface area contributed by atoms with E-state index in [4.69, 9.17) is 9.47 Å². The summed E-state index contributed by atoms with van der Waals surface area (Å²) in [6, 6.07) is 12.8. The molecule has 174 valence electrons. The molecule has 0 unspecified atom stereocenters. The SMILES string of the molecule is CCC=CCCOC(=O)c1ccccc1O.CCCCCCOC(=O)c1ccccc1O. The van der Waals surface area contributed by atoms with E-state index < -0.39 is 11.9 Å². The predicted octanol–water partition coefficient (Wildman–Crippen LogP) is 6.03. The first-order chi connectivity index (χ1) is 15.5. The van der Waals surface area contributed by atoms with Gasteiger partial charge in [0, 0.05) is 0 Å². The lowest BCUT2D eigenvalue weighted by Gasteiger charge is -2.05. The van der Waals surface area contributed by atoms with Gasteiger partial charge in [0.1, 0.15) is 22.6 Å². The van der Waals surface area contributed by atoms with Crippen LogP contribution in [0.5, 0.6) is 11.5 Å². The van der Waals surface area contributed by atoms with Gasteiger partial charge in [-0.25, -0.2) is 9.59 Å². The summed E-state index contributed by atoms with van der Waals surface area (Å²) in [6.07, 6.45) is 9.95. The van der Waals surface area contributed by atoms with Crippen molar-refractivity contribution in [3.05, 3.63) is 71.8 Å². The summed E-state index contributed by atoms with van der Waals surface area (Å²) in [5.41, 5.74) is 0.444. The number of allylic oxidation sites excluding steroid dienone is 1. The number of aromatic hydroxyl groups is 2. The molecule has 0 aromatic heterocycles. The molecule has 0 aliphatic rings. The molecular weight excluding hydrogens is 408 g/mol. The number of hydrogen-bond donors (Lipinski definition) is 2. The Morgan fingerprint density at radius 1 is 0.750 bits per heavy atom. The van der Waals surface area contributed by atoms with E-state index in [1.165, 1.54) is 12.1 Å².